The van der Waals surface area contributed by atoms with Crippen LogP contribution in [0.15, 0.2) is 54.7 Å². The van der Waals surface area contributed by atoms with Crippen molar-refractivity contribution in [3.63, 3.8) is 0 Å². The molecule has 6 heteroatoms. The highest BCUT2D eigenvalue weighted by Crippen LogP contribution is 2.32. The smallest absolute Gasteiger partial charge is 0.249 e. The van der Waals surface area contributed by atoms with Crippen LogP contribution in [0.4, 0.5) is 0 Å². The molecular formula is C26H28N4O2. The highest BCUT2D eigenvalue weighted by molar-refractivity contribution is 6.05. The summed E-state index contributed by atoms with van der Waals surface area (Å²) in [5.41, 5.74) is 10.6. The first kappa shape index (κ1) is 20.5. The zero-order chi connectivity index (χ0) is 22.2. The van der Waals surface area contributed by atoms with Gasteiger partial charge in [-0.2, -0.15) is 0 Å². The number of para-hydroxylation sites is 1. The second-order valence-electron chi connectivity index (χ2n) is 8.52. The number of likely N-dealkylation sites (tertiary alicyclic amines) is 1. The minimum Gasteiger partial charge on any atom is -0.497 e. The van der Waals surface area contributed by atoms with Gasteiger partial charge in [0.2, 0.25) is 5.91 Å². The Morgan fingerprint density at radius 2 is 2.03 bits per heavy atom. The minimum atomic E-state index is -0.402. The molecule has 1 amide bonds. The lowest BCUT2D eigenvalue weighted by molar-refractivity contribution is 0.100. The molecule has 6 nitrogen and oxygen atoms in total. The number of hydrogen-bond acceptors (Lipinski definition) is 4. The third kappa shape index (κ3) is 3.60. The molecule has 5 rings (SSSR count). The Morgan fingerprint density at radius 3 is 2.81 bits per heavy atom. The van der Waals surface area contributed by atoms with Gasteiger partial charge < -0.3 is 15.0 Å². The Kier molecular flexibility index (Phi) is 5.31. The molecular weight excluding hydrogens is 400 g/mol. The minimum absolute atomic E-state index is 0.284. The fraction of sp³-hybridized carbons (Fsp3) is 0.308. The summed E-state index contributed by atoms with van der Waals surface area (Å²) in [7, 11) is 1.71. The van der Waals surface area contributed by atoms with Crippen LogP contribution in [0, 0.1) is 0 Å². The van der Waals surface area contributed by atoms with Crippen LogP contribution < -0.4 is 10.5 Å². The molecule has 0 bridgehead atoms. The molecule has 1 aliphatic heterocycles. The molecule has 0 unspecified atom stereocenters. The number of nitrogens with zero attached hydrogens (tertiary/aromatic N) is 3. The van der Waals surface area contributed by atoms with Crippen molar-refractivity contribution >= 4 is 27.7 Å². The number of hydrogen-bond donors (Lipinski definition) is 1. The van der Waals surface area contributed by atoms with Crippen LogP contribution in [0.25, 0.3) is 21.8 Å². The molecule has 2 N–H and O–H groups in total. The number of nitrogens with two attached hydrogens (primary N) is 1. The molecule has 0 radical (unpaired) electrons. The number of carbonyl (C=O) groups is 1. The fourth-order valence-electron chi connectivity index (χ4n) is 4.93. The van der Waals surface area contributed by atoms with E-state index in [0.717, 1.165) is 54.9 Å². The summed E-state index contributed by atoms with van der Waals surface area (Å²) in [6, 6.07) is 15.9. The van der Waals surface area contributed by atoms with Gasteiger partial charge in [-0.1, -0.05) is 18.2 Å². The number of aromatic nitrogens is 2. The predicted octanol–water partition coefficient (Wildman–Crippen LogP) is 4.31. The highest BCUT2D eigenvalue weighted by Gasteiger charge is 2.27. The fourth-order valence-corrected chi connectivity index (χ4v) is 4.93. The van der Waals surface area contributed by atoms with Crippen LogP contribution in [-0.4, -0.2) is 40.6 Å². The Hall–Kier alpha value is -3.38. The summed E-state index contributed by atoms with van der Waals surface area (Å²) in [6.45, 7) is 5.88. The number of aryl methyl sites for hydroxylation is 1. The van der Waals surface area contributed by atoms with E-state index in [-0.39, 0.29) is 5.92 Å². The van der Waals surface area contributed by atoms with Crippen molar-refractivity contribution < 1.29 is 9.53 Å². The number of primary amides is 1. The SMILES string of the molecule is CCn1cc(CN2CC[C@@H](c3cc(C(N)=O)c4ccccc4n3)C2)c2cc(OC)ccc21. The van der Waals surface area contributed by atoms with Gasteiger partial charge in [-0.05, 0) is 55.8 Å². The lowest BCUT2D eigenvalue weighted by Crippen LogP contribution is -2.20. The maximum absolute atomic E-state index is 12.1. The van der Waals surface area contributed by atoms with Gasteiger partial charge in [0.05, 0.1) is 18.2 Å². The average molecular weight is 429 g/mol. The van der Waals surface area contributed by atoms with Crippen molar-refractivity contribution in [2.75, 3.05) is 20.2 Å². The molecule has 4 aromatic rings. The number of carbonyl (C=O) groups excluding carboxylic acids is 1. The molecule has 1 atom stereocenters. The summed E-state index contributed by atoms with van der Waals surface area (Å²) in [5.74, 6) is 0.763. The summed E-state index contributed by atoms with van der Waals surface area (Å²) < 4.78 is 7.76. The van der Waals surface area contributed by atoms with E-state index in [1.807, 2.05) is 36.4 Å². The first-order valence-electron chi connectivity index (χ1n) is 11.1. The number of ether oxygens (including phenoxy) is 1. The van der Waals surface area contributed by atoms with E-state index in [0.29, 0.717) is 5.56 Å². The number of methoxy groups -OCH3 is 1. The van der Waals surface area contributed by atoms with Gasteiger partial charge in [-0.3, -0.25) is 14.7 Å². The Bertz CT molecular complexity index is 1310. The van der Waals surface area contributed by atoms with Crippen LogP contribution in [0.1, 0.15) is 40.9 Å². The molecule has 32 heavy (non-hydrogen) atoms. The molecule has 3 heterocycles. The maximum Gasteiger partial charge on any atom is 0.249 e. The third-order valence-electron chi connectivity index (χ3n) is 6.60. The maximum atomic E-state index is 12.1. The van der Waals surface area contributed by atoms with Gasteiger partial charge in [0.25, 0.3) is 0 Å². The highest BCUT2D eigenvalue weighted by atomic mass is 16.5. The number of pyridine rings is 1. The molecule has 1 saturated heterocycles. The second kappa shape index (κ2) is 8.28. The van der Waals surface area contributed by atoms with E-state index >= 15 is 0 Å². The van der Waals surface area contributed by atoms with Crippen molar-refractivity contribution in [2.45, 2.75) is 32.4 Å². The number of amides is 1. The standard InChI is InChI=1S/C26H28N4O2/c1-3-30-16-18(21-12-19(32-2)8-9-25(21)30)15-29-11-10-17(14-29)24-13-22(26(27)31)20-6-4-5-7-23(20)28-24/h4-9,12-13,16-17H,3,10-11,14-15H2,1-2H3,(H2,27,31)/t17-/m1/s1. The van der Waals surface area contributed by atoms with E-state index < -0.39 is 5.91 Å². The molecule has 0 saturated carbocycles. The lowest BCUT2D eigenvalue weighted by Gasteiger charge is -2.16. The summed E-state index contributed by atoms with van der Waals surface area (Å²) in [5, 5.41) is 2.06. The number of rotatable bonds is 6. The Balaban J connectivity index is 1.42. The first-order chi connectivity index (χ1) is 15.6. The molecule has 2 aromatic heterocycles. The largest absolute Gasteiger partial charge is 0.497 e. The van der Waals surface area contributed by atoms with Crippen LogP contribution >= 0.6 is 0 Å². The number of fused-ring (bicyclic) bond motifs is 2. The van der Waals surface area contributed by atoms with Gasteiger partial charge >= 0.3 is 0 Å². The first-order valence-corrected chi connectivity index (χ1v) is 11.1. The molecule has 0 aliphatic carbocycles. The van der Waals surface area contributed by atoms with Crippen molar-refractivity contribution in [3.8, 4) is 5.75 Å². The summed E-state index contributed by atoms with van der Waals surface area (Å²) in [6.07, 6.45) is 3.27. The summed E-state index contributed by atoms with van der Waals surface area (Å²) in [4.78, 5) is 19.4. The van der Waals surface area contributed by atoms with Crippen molar-refractivity contribution in [1.82, 2.24) is 14.5 Å². The van der Waals surface area contributed by atoms with E-state index in [4.69, 9.17) is 15.5 Å². The van der Waals surface area contributed by atoms with E-state index in [2.05, 4.69) is 34.7 Å². The quantitative estimate of drug-likeness (QED) is 0.497. The summed E-state index contributed by atoms with van der Waals surface area (Å²) >= 11 is 0. The van der Waals surface area contributed by atoms with Crippen LogP contribution in [-0.2, 0) is 13.1 Å². The number of benzene rings is 2. The third-order valence-corrected chi connectivity index (χ3v) is 6.60. The van der Waals surface area contributed by atoms with Gasteiger partial charge in [0.1, 0.15) is 5.75 Å². The average Bonchev–Trinajstić information content (AvgIpc) is 3.42. The van der Waals surface area contributed by atoms with Crippen molar-refractivity contribution in [2.24, 2.45) is 5.73 Å². The molecule has 2 aromatic carbocycles. The van der Waals surface area contributed by atoms with Crippen molar-refractivity contribution in [3.05, 3.63) is 71.5 Å². The second-order valence-corrected chi connectivity index (χ2v) is 8.52. The topological polar surface area (TPSA) is 73.4 Å². The molecule has 1 aliphatic rings. The van der Waals surface area contributed by atoms with Crippen LogP contribution in [0.5, 0.6) is 5.75 Å². The Morgan fingerprint density at radius 1 is 1.19 bits per heavy atom. The van der Waals surface area contributed by atoms with Crippen molar-refractivity contribution in [1.29, 1.82) is 0 Å². The monoisotopic (exact) mass is 428 g/mol. The lowest BCUT2D eigenvalue weighted by atomic mass is 9.99. The molecule has 1 fully saturated rings. The van der Waals surface area contributed by atoms with Gasteiger partial charge in [-0.25, -0.2) is 0 Å². The zero-order valence-corrected chi connectivity index (χ0v) is 18.5. The van der Waals surface area contributed by atoms with E-state index in [1.165, 1.54) is 16.5 Å². The van der Waals surface area contributed by atoms with Crippen LogP contribution in [0.3, 0.4) is 0 Å². The predicted molar refractivity (Wildman–Crippen MR) is 127 cm³/mol. The molecule has 0 spiro atoms. The Labute approximate surface area is 187 Å². The normalized spacial score (nSPS) is 16.8. The van der Waals surface area contributed by atoms with Gasteiger partial charge in [-0.15, -0.1) is 0 Å². The van der Waals surface area contributed by atoms with E-state index in [1.54, 1.807) is 7.11 Å². The van der Waals surface area contributed by atoms with Gasteiger partial charge in [0, 0.05) is 53.7 Å². The zero-order valence-electron chi connectivity index (χ0n) is 18.5. The molecule has 164 valence electrons. The van der Waals surface area contributed by atoms with E-state index in [9.17, 15) is 4.79 Å². The van der Waals surface area contributed by atoms with Gasteiger partial charge in [0.15, 0.2) is 0 Å². The van der Waals surface area contributed by atoms with Crippen LogP contribution in [0.2, 0.25) is 0 Å².